The van der Waals surface area contributed by atoms with E-state index in [1.54, 1.807) is 0 Å². The van der Waals surface area contributed by atoms with Crippen molar-refractivity contribution in [3.05, 3.63) is 34.3 Å². The van der Waals surface area contributed by atoms with Crippen molar-refractivity contribution in [1.29, 1.82) is 0 Å². The molecule has 2 heteroatoms. The molecule has 0 saturated heterocycles. The van der Waals surface area contributed by atoms with Crippen LogP contribution in [0.3, 0.4) is 0 Å². The first-order valence-corrected chi connectivity index (χ1v) is 8.24. The highest BCUT2D eigenvalue weighted by Gasteiger charge is 2.12. The molecule has 0 radical (unpaired) electrons. The fraction of sp³-hybridized carbons (Fsp3) is 0.647. The smallest absolute Gasteiger partial charge is 0.0178 e. The van der Waals surface area contributed by atoms with E-state index in [9.17, 15) is 0 Å². The van der Waals surface area contributed by atoms with Gasteiger partial charge in [-0.25, -0.2) is 0 Å². The first-order valence-electron chi connectivity index (χ1n) is 7.45. The van der Waals surface area contributed by atoms with E-state index in [1.165, 1.54) is 22.9 Å². The summed E-state index contributed by atoms with van der Waals surface area (Å²) >= 11 is 3.58. The summed E-state index contributed by atoms with van der Waals surface area (Å²) in [7, 11) is 0. The molecule has 0 aliphatic rings. The maximum absolute atomic E-state index is 3.61. The second kappa shape index (κ2) is 8.76. The van der Waals surface area contributed by atoms with Gasteiger partial charge in [-0.05, 0) is 48.4 Å². The second-order valence-corrected chi connectivity index (χ2v) is 7.19. The minimum absolute atomic E-state index is 0.624. The predicted molar refractivity (Wildman–Crippen MR) is 88.7 cm³/mol. The van der Waals surface area contributed by atoms with E-state index >= 15 is 0 Å². The van der Waals surface area contributed by atoms with E-state index in [0.717, 1.165) is 19.0 Å². The van der Waals surface area contributed by atoms with Crippen molar-refractivity contribution in [3.63, 3.8) is 0 Å². The third-order valence-electron chi connectivity index (χ3n) is 3.36. The van der Waals surface area contributed by atoms with Crippen molar-refractivity contribution in [2.24, 2.45) is 11.8 Å². The van der Waals surface area contributed by atoms with Crippen molar-refractivity contribution in [2.75, 3.05) is 13.1 Å². The summed E-state index contributed by atoms with van der Waals surface area (Å²) in [6.45, 7) is 11.3. The van der Waals surface area contributed by atoms with Gasteiger partial charge in [-0.2, -0.15) is 0 Å². The summed E-state index contributed by atoms with van der Waals surface area (Å²) in [4.78, 5) is 0. The van der Waals surface area contributed by atoms with E-state index in [4.69, 9.17) is 0 Å². The van der Waals surface area contributed by atoms with Gasteiger partial charge >= 0.3 is 0 Å². The van der Waals surface area contributed by atoms with Crippen LogP contribution in [0.25, 0.3) is 0 Å². The first-order chi connectivity index (χ1) is 8.99. The van der Waals surface area contributed by atoms with Crippen molar-refractivity contribution in [2.45, 2.75) is 46.5 Å². The molecule has 0 aromatic heterocycles. The fourth-order valence-corrected chi connectivity index (χ4v) is 2.64. The van der Waals surface area contributed by atoms with E-state index in [1.807, 2.05) is 0 Å². The highest BCUT2D eigenvalue weighted by atomic mass is 79.9. The fourth-order valence-electron chi connectivity index (χ4n) is 2.23. The third kappa shape index (κ3) is 7.12. The number of rotatable bonds is 8. The van der Waals surface area contributed by atoms with Crippen LogP contribution in [-0.2, 0) is 0 Å². The Morgan fingerprint density at radius 1 is 1.00 bits per heavy atom. The SMILES string of the molecule is CC(C)CCC(CNCC(C)C)c1cccc(Br)c1. The predicted octanol–water partition coefficient (Wildman–Crippen LogP) is 5.21. The quantitative estimate of drug-likeness (QED) is 0.691. The molecular weight excluding hydrogens is 298 g/mol. The summed E-state index contributed by atoms with van der Waals surface area (Å²) in [6, 6.07) is 8.77. The minimum Gasteiger partial charge on any atom is -0.316 e. The highest BCUT2D eigenvalue weighted by molar-refractivity contribution is 9.10. The molecule has 1 aromatic rings. The molecule has 0 amide bonds. The van der Waals surface area contributed by atoms with Crippen LogP contribution in [0.15, 0.2) is 28.7 Å². The monoisotopic (exact) mass is 325 g/mol. The molecule has 0 bridgehead atoms. The van der Waals surface area contributed by atoms with Gasteiger partial charge < -0.3 is 5.32 Å². The summed E-state index contributed by atoms with van der Waals surface area (Å²) < 4.78 is 1.18. The molecule has 1 nitrogen and oxygen atoms in total. The molecule has 1 unspecified atom stereocenters. The average molecular weight is 326 g/mol. The molecule has 1 rings (SSSR count). The van der Waals surface area contributed by atoms with Crippen molar-refractivity contribution < 1.29 is 0 Å². The maximum Gasteiger partial charge on any atom is 0.0178 e. The highest BCUT2D eigenvalue weighted by Crippen LogP contribution is 2.25. The van der Waals surface area contributed by atoms with Crippen molar-refractivity contribution >= 4 is 15.9 Å². The van der Waals surface area contributed by atoms with Gasteiger partial charge in [0.05, 0.1) is 0 Å². The van der Waals surface area contributed by atoms with E-state index in [-0.39, 0.29) is 0 Å². The Kier molecular flexibility index (Phi) is 7.70. The molecular formula is C17H28BrN. The lowest BCUT2D eigenvalue weighted by Crippen LogP contribution is -2.25. The largest absolute Gasteiger partial charge is 0.316 e. The van der Waals surface area contributed by atoms with Crippen molar-refractivity contribution in [3.8, 4) is 0 Å². The van der Waals surface area contributed by atoms with Gasteiger partial charge in [0.1, 0.15) is 0 Å². The van der Waals surface area contributed by atoms with Crippen LogP contribution in [0.2, 0.25) is 0 Å². The van der Waals surface area contributed by atoms with Crippen LogP contribution >= 0.6 is 15.9 Å². The number of nitrogens with one attached hydrogen (secondary N) is 1. The van der Waals surface area contributed by atoms with Crippen molar-refractivity contribution in [1.82, 2.24) is 5.32 Å². The van der Waals surface area contributed by atoms with Gasteiger partial charge in [-0.1, -0.05) is 62.2 Å². The lowest BCUT2D eigenvalue weighted by molar-refractivity contribution is 0.459. The zero-order valence-electron chi connectivity index (χ0n) is 12.7. The Morgan fingerprint density at radius 2 is 1.74 bits per heavy atom. The molecule has 108 valence electrons. The summed E-state index contributed by atoms with van der Waals surface area (Å²) in [5.74, 6) is 2.12. The number of halogens is 1. The number of hydrogen-bond acceptors (Lipinski definition) is 1. The van der Waals surface area contributed by atoms with Gasteiger partial charge in [0.25, 0.3) is 0 Å². The van der Waals surface area contributed by atoms with E-state index in [2.05, 4.69) is 73.2 Å². The number of benzene rings is 1. The molecule has 1 N–H and O–H groups in total. The standard InChI is InChI=1S/C17H28BrN/c1-13(2)8-9-16(12-19-11-14(3)4)15-6-5-7-17(18)10-15/h5-7,10,13-14,16,19H,8-9,11-12H2,1-4H3. The van der Waals surface area contributed by atoms with Crippen LogP contribution in [-0.4, -0.2) is 13.1 Å². The Bertz CT molecular complexity index is 360. The molecule has 0 spiro atoms. The maximum atomic E-state index is 3.61. The van der Waals surface area contributed by atoms with Crippen LogP contribution in [0, 0.1) is 11.8 Å². The topological polar surface area (TPSA) is 12.0 Å². The molecule has 1 aromatic carbocycles. The Balaban J connectivity index is 2.62. The number of hydrogen-bond donors (Lipinski definition) is 1. The summed E-state index contributed by atoms with van der Waals surface area (Å²) in [6.07, 6.45) is 2.56. The van der Waals surface area contributed by atoms with Gasteiger partial charge in [-0.15, -0.1) is 0 Å². The molecule has 1 atom stereocenters. The summed E-state index contributed by atoms with van der Waals surface area (Å²) in [5, 5.41) is 3.61. The van der Waals surface area contributed by atoms with Crippen LogP contribution in [0.1, 0.15) is 52.0 Å². The van der Waals surface area contributed by atoms with Gasteiger partial charge in [0, 0.05) is 11.0 Å². The molecule has 0 saturated carbocycles. The average Bonchev–Trinajstić information content (AvgIpc) is 2.32. The normalized spacial score (nSPS) is 13.2. The van der Waals surface area contributed by atoms with Gasteiger partial charge in [0.2, 0.25) is 0 Å². The molecule has 0 heterocycles. The van der Waals surface area contributed by atoms with E-state index < -0.39 is 0 Å². The Hall–Kier alpha value is -0.340. The molecule has 0 aliphatic heterocycles. The third-order valence-corrected chi connectivity index (χ3v) is 3.85. The zero-order valence-corrected chi connectivity index (χ0v) is 14.3. The summed E-state index contributed by atoms with van der Waals surface area (Å²) in [5.41, 5.74) is 1.45. The Labute approximate surface area is 127 Å². The lowest BCUT2D eigenvalue weighted by Gasteiger charge is -2.20. The second-order valence-electron chi connectivity index (χ2n) is 6.28. The molecule has 0 aliphatic carbocycles. The van der Waals surface area contributed by atoms with Gasteiger partial charge in [0.15, 0.2) is 0 Å². The first kappa shape index (κ1) is 16.7. The molecule has 19 heavy (non-hydrogen) atoms. The Morgan fingerprint density at radius 3 is 2.32 bits per heavy atom. The van der Waals surface area contributed by atoms with Crippen LogP contribution in [0.4, 0.5) is 0 Å². The zero-order chi connectivity index (χ0) is 14.3. The lowest BCUT2D eigenvalue weighted by atomic mass is 9.91. The molecule has 0 fully saturated rings. The van der Waals surface area contributed by atoms with Gasteiger partial charge in [-0.3, -0.25) is 0 Å². The van der Waals surface area contributed by atoms with Crippen LogP contribution < -0.4 is 5.32 Å². The minimum atomic E-state index is 0.624. The van der Waals surface area contributed by atoms with E-state index in [0.29, 0.717) is 11.8 Å². The van der Waals surface area contributed by atoms with Crippen LogP contribution in [0.5, 0.6) is 0 Å².